The minimum Gasteiger partial charge on any atom is -0.480 e. The van der Waals surface area contributed by atoms with Gasteiger partial charge in [-0.15, -0.1) is 0 Å². The highest BCUT2D eigenvalue weighted by Crippen LogP contribution is 2.13. The van der Waals surface area contributed by atoms with Crippen LogP contribution in [0, 0.1) is 0 Å². The monoisotopic (exact) mass is 389 g/mol. The number of hydrogen-bond acceptors (Lipinski definition) is 6. The molecule has 0 saturated heterocycles. The van der Waals surface area contributed by atoms with Crippen LogP contribution in [0.5, 0.6) is 0 Å². The van der Waals surface area contributed by atoms with Gasteiger partial charge in [-0.1, -0.05) is 64.0 Å². The fraction of sp³-hybridized carbons (Fsp3) is 0.850. The number of aliphatic hydroxyl groups excluding tert-OH is 4. The summed E-state index contributed by atoms with van der Waals surface area (Å²) in [5, 5.41) is 47.6. The molecule has 0 amide bonds. The van der Waals surface area contributed by atoms with E-state index in [9.17, 15) is 25.2 Å². The van der Waals surface area contributed by atoms with Crippen molar-refractivity contribution < 1.29 is 30.3 Å². The van der Waals surface area contributed by atoms with Gasteiger partial charge in [0.2, 0.25) is 0 Å². The number of allylic oxidation sites excluding steroid dienone is 1. The van der Waals surface area contributed by atoms with E-state index >= 15 is 0 Å². The Labute approximate surface area is 162 Å². The highest BCUT2D eigenvalue weighted by molar-refractivity contribution is 5.74. The first-order chi connectivity index (χ1) is 12.8. The molecular weight excluding hydrogens is 350 g/mol. The van der Waals surface area contributed by atoms with Crippen LogP contribution >= 0.6 is 0 Å². The summed E-state index contributed by atoms with van der Waals surface area (Å²) in [6, 6.07) is -1.65. The van der Waals surface area contributed by atoms with Gasteiger partial charge in [0.15, 0.2) is 0 Å². The van der Waals surface area contributed by atoms with Gasteiger partial charge in [-0.3, -0.25) is 4.79 Å². The number of carboxylic acids is 1. The Morgan fingerprint density at radius 3 is 2.00 bits per heavy atom. The zero-order valence-corrected chi connectivity index (χ0v) is 16.5. The fourth-order valence-electron chi connectivity index (χ4n) is 2.86. The smallest absolute Gasteiger partial charge is 0.323 e. The summed E-state index contributed by atoms with van der Waals surface area (Å²) in [6.45, 7) is 2.17. The molecule has 0 saturated carbocycles. The Morgan fingerprint density at radius 2 is 1.44 bits per heavy atom. The average Bonchev–Trinajstić information content (AvgIpc) is 2.65. The first kappa shape index (κ1) is 26.0. The van der Waals surface area contributed by atoms with Crippen LogP contribution in [0.3, 0.4) is 0 Å². The molecule has 0 heterocycles. The quantitative estimate of drug-likeness (QED) is 0.164. The van der Waals surface area contributed by atoms with E-state index in [1.165, 1.54) is 25.3 Å². The zero-order valence-electron chi connectivity index (χ0n) is 16.5. The Hall–Kier alpha value is -0.990. The lowest BCUT2D eigenvalue weighted by Crippen LogP contribution is -2.51. The molecule has 0 spiro atoms. The van der Waals surface area contributed by atoms with Crippen LogP contribution in [0.1, 0.15) is 77.6 Å². The maximum atomic E-state index is 10.7. The molecule has 0 aromatic heterocycles. The fourth-order valence-corrected chi connectivity index (χ4v) is 2.86. The third kappa shape index (κ3) is 12.9. The van der Waals surface area contributed by atoms with Crippen molar-refractivity contribution in [1.29, 1.82) is 0 Å². The number of aliphatic carboxylic acids is 1. The number of rotatable bonds is 17. The predicted molar refractivity (Wildman–Crippen MR) is 105 cm³/mol. The maximum absolute atomic E-state index is 10.7. The molecule has 0 aliphatic heterocycles. The van der Waals surface area contributed by atoms with Crippen molar-refractivity contribution in [2.24, 2.45) is 5.73 Å². The molecule has 0 aromatic rings. The molecule has 0 rings (SSSR count). The number of nitrogens with two attached hydrogens (primary N) is 1. The van der Waals surface area contributed by atoms with Gasteiger partial charge in [0.25, 0.3) is 0 Å². The van der Waals surface area contributed by atoms with Crippen LogP contribution in [0.25, 0.3) is 0 Å². The molecule has 0 aliphatic rings. The third-order valence-corrected chi connectivity index (χ3v) is 4.74. The highest BCUT2D eigenvalue weighted by Gasteiger charge is 2.32. The number of aliphatic hydroxyl groups is 4. The van der Waals surface area contributed by atoms with E-state index in [2.05, 4.69) is 6.92 Å². The first-order valence-electron chi connectivity index (χ1n) is 10.2. The molecule has 7 nitrogen and oxygen atoms in total. The van der Waals surface area contributed by atoms with Crippen LogP contribution in [-0.2, 0) is 4.79 Å². The first-order valence-corrected chi connectivity index (χ1v) is 10.2. The maximum Gasteiger partial charge on any atom is 0.323 e. The topological polar surface area (TPSA) is 144 Å². The SMILES string of the molecule is CCCCCC[C@@H](O)CCCCCC/C=C/[C@H](O)[C@@H](O)[C@H](O)[C@H](N)C(=O)O. The minimum absolute atomic E-state index is 0.193. The normalized spacial score (nSPS) is 17.6. The molecule has 0 aromatic carbocycles. The molecule has 0 fully saturated rings. The van der Waals surface area contributed by atoms with Gasteiger partial charge in [0.1, 0.15) is 24.4 Å². The van der Waals surface area contributed by atoms with E-state index in [4.69, 9.17) is 10.8 Å². The van der Waals surface area contributed by atoms with Gasteiger partial charge in [0.05, 0.1) is 6.10 Å². The largest absolute Gasteiger partial charge is 0.480 e. The third-order valence-electron chi connectivity index (χ3n) is 4.74. The number of carbonyl (C=O) groups is 1. The molecule has 7 heteroatoms. The van der Waals surface area contributed by atoms with Crippen molar-refractivity contribution in [3.63, 3.8) is 0 Å². The molecule has 7 N–H and O–H groups in total. The number of carboxylic acid groups (broad SMARTS) is 1. The van der Waals surface area contributed by atoms with Gasteiger partial charge < -0.3 is 31.3 Å². The Morgan fingerprint density at radius 1 is 0.889 bits per heavy atom. The summed E-state index contributed by atoms with van der Waals surface area (Å²) in [5.74, 6) is -1.44. The molecule has 5 atom stereocenters. The summed E-state index contributed by atoms with van der Waals surface area (Å²) >= 11 is 0. The Kier molecular flexibility index (Phi) is 15.4. The zero-order chi connectivity index (χ0) is 20.7. The Bertz CT molecular complexity index is 404. The molecule has 0 bridgehead atoms. The van der Waals surface area contributed by atoms with Crippen molar-refractivity contribution >= 4 is 5.97 Å². The van der Waals surface area contributed by atoms with E-state index in [0.717, 1.165) is 44.9 Å². The van der Waals surface area contributed by atoms with Gasteiger partial charge in [-0.25, -0.2) is 0 Å². The molecule has 0 aliphatic carbocycles. The highest BCUT2D eigenvalue weighted by atomic mass is 16.4. The van der Waals surface area contributed by atoms with Crippen LogP contribution < -0.4 is 5.73 Å². The molecule has 0 radical (unpaired) electrons. The van der Waals surface area contributed by atoms with Gasteiger partial charge in [0, 0.05) is 0 Å². The van der Waals surface area contributed by atoms with E-state index in [0.29, 0.717) is 6.42 Å². The van der Waals surface area contributed by atoms with Crippen LogP contribution in [0.2, 0.25) is 0 Å². The summed E-state index contributed by atoms with van der Waals surface area (Å²) in [6.07, 6.45) is 9.25. The molecule has 0 unspecified atom stereocenters. The summed E-state index contributed by atoms with van der Waals surface area (Å²) in [7, 11) is 0. The lowest BCUT2D eigenvalue weighted by atomic mass is 10.0. The predicted octanol–water partition coefficient (Wildman–Crippen LogP) is 1.71. The van der Waals surface area contributed by atoms with E-state index in [1.807, 2.05) is 0 Å². The van der Waals surface area contributed by atoms with Crippen molar-refractivity contribution in [3.8, 4) is 0 Å². The lowest BCUT2D eigenvalue weighted by Gasteiger charge is -2.23. The number of hydrogen-bond donors (Lipinski definition) is 6. The van der Waals surface area contributed by atoms with Crippen molar-refractivity contribution in [1.82, 2.24) is 0 Å². The van der Waals surface area contributed by atoms with Crippen molar-refractivity contribution in [2.75, 3.05) is 0 Å². The summed E-state index contributed by atoms with van der Waals surface area (Å²) in [4.78, 5) is 10.7. The second kappa shape index (κ2) is 16.0. The average molecular weight is 390 g/mol. The second-order valence-electron chi connectivity index (χ2n) is 7.26. The lowest BCUT2D eigenvalue weighted by molar-refractivity contribution is -0.145. The van der Waals surface area contributed by atoms with Gasteiger partial charge in [-0.2, -0.15) is 0 Å². The van der Waals surface area contributed by atoms with Crippen molar-refractivity contribution in [2.45, 2.75) is 108 Å². The van der Waals surface area contributed by atoms with E-state index in [1.54, 1.807) is 6.08 Å². The van der Waals surface area contributed by atoms with Gasteiger partial charge >= 0.3 is 5.97 Å². The number of unbranched alkanes of at least 4 members (excludes halogenated alkanes) is 7. The summed E-state index contributed by atoms with van der Waals surface area (Å²) < 4.78 is 0. The van der Waals surface area contributed by atoms with Crippen LogP contribution in [0.4, 0.5) is 0 Å². The van der Waals surface area contributed by atoms with Crippen LogP contribution in [-0.4, -0.2) is 62.0 Å². The van der Waals surface area contributed by atoms with Crippen molar-refractivity contribution in [3.05, 3.63) is 12.2 Å². The minimum atomic E-state index is -1.74. The second-order valence-corrected chi connectivity index (χ2v) is 7.26. The molecule has 160 valence electrons. The van der Waals surface area contributed by atoms with E-state index in [-0.39, 0.29) is 6.10 Å². The molecular formula is C20H39NO6. The molecule has 27 heavy (non-hydrogen) atoms. The van der Waals surface area contributed by atoms with Crippen LogP contribution in [0.15, 0.2) is 12.2 Å². The van der Waals surface area contributed by atoms with Gasteiger partial charge in [-0.05, 0) is 25.7 Å². The van der Waals surface area contributed by atoms with E-state index < -0.39 is 30.3 Å². The Balaban J connectivity index is 3.75. The summed E-state index contributed by atoms with van der Waals surface area (Å²) in [5.41, 5.74) is 5.22. The standard InChI is InChI=1S/C20H39NO6/c1-2-3-4-9-12-15(22)13-10-7-5-6-8-11-14-16(23)18(24)19(25)17(21)20(26)27/h11,14-19,22-25H,2-10,12-13,21H2,1H3,(H,26,27)/b14-11+/t15-,16+,17+,18-,19-/m1/s1.